The maximum Gasteiger partial charge on any atom is 0.257 e. The minimum Gasteiger partial charge on any atom is -0.341 e. The number of rotatable bonds is 3. The molecule has 2 heterocycles. The molecule has 1 aliphatic heterocycles. The molecular weight excluding hydrogens is 307 g/mol. The highest BCUT2D eigenvalue weighted by atomic mass is 35.5. The van der Waals surface area contributed by atoms with Crippen molar-refractivity contribution in [3.8, 4) is 0 Å². The van der Waals surface area contributed by atoms with E-state index in [1.165, 1.54) is 24.5 Å². The summed E-state index contributed by atoms with van der Waals surface area (Å²) >= 11 is 5.90. The third-order valence-electron chi connectivity index (χ3n) is 3.46. The second-order valence-corrected chi connectivity index (χ2v) is 5.45. The molecule has 0 spiro atoms. The number of carbonyl (C=O) groups is 1. The minimum absolute atomic E-state index is 0.0743. The standard InChI is InChI=1S/C15H14ClFN4O/c16-13-4-3-10(17)7-12(13)14(22)20-11-8-18-15(19-9-11)21-5-1-2-6-21/h3-4,7-9H,1-2,5-6H2,(H,20,22). The summed E-state index contributed by atoms with van der Waals surface area (Å²) in [6.45, 7) is 1.90. The van der Waals surface area contributed by atoms with Gasteiger partial charge >= 0.3 is 0 Å². The molecule has 1 saturated heterocycles. The highest BCUT2D eigenvalue weighted by molar-refractivity contribution is 6.34. The van der Waals surface area contributed by atoms with Gasteiger partial charge in [-0.15, -0.1) is 0 Å². The fourth-order valence-corrected chi connectivity index (χ4v) is 2.54. The molecule has 0 bridgehead atoms. The molecule has 22 heavy (non-hydrogen) atoms. The van der Waals surface area contributed by atoms with Crippen LogP contribution in [0.15, 0.2) is 30.6 Å². The quantitative estimate of drug-likeness (QED) is 0.944. The Bertz CT molecular complexity index is 686. The van der Waals surface area contributed by atoms with Gasteiger partial charge in [0, 0.05) is 13.1 Å². The minimum atomic E-state index is -0.518. The van der Waals surface area contributed by atoms with Crippen molar-refractivity contribution < 1.29 is 9.18 Å². The molecule has 1 aromatic heterocycles. The summed E-state index contributed by atoms with van der Waals surface area (Å²) < 4.78 is 13.2. The summed E-state index contributed by atoms with van der Waals surface area (Å²) in [5.41, 5.74) is 0.513. The molecule has 0 saturated carbocycles. The van der Waals surface area contributed by atoms with Gasteiger partial charge in [0.15, 0.2) is 0 Å². The average molecular weight is 321 g/mol. The third-order valence-corrected chi connectivity index (χ3v) is 3.79. The van der Waals surface area contributed by atoms with Crippen LogP contribution in [0.4, 0.5) is 16.0 Å². The molecule has 0 atom stereocenters. The monoisotopic (exact) mass is 320 g/mol. The predicted molar refractivity (Wildman–Crippen MR) is 82.8 cm³/mol. The van der Waals surface area contributed by atoms with Crippen molar-refractivity contribution >= 4 is 29.1 Å². The number of carbonyl (C=O) groups excluding carboxylic acids is 1. The van der Waals surface area contributed by atoms with Crippen LogP contribution in [0.2, 0.25) is 5.02 Å². The summed E-state index contributed by atoms with van der Waals surface area (Å²) in [4.78, 5) is 22.7. The Morgan fingerprint density at radius 2 is 1.91 bits per heavy atom. The van der Waals surface area contributed by atoms with Gasteiger partial charge in [-0.3, -0.25) is 4.79 Å². The molecule has 114 valence electrons. The Labute approximate surface area is 132 Å². The van der Waals surface area contributed by atoms with Crippen molar-refractivity contribution in [3.63, 3.8) is 0 Å². The molecule has 2 aromatic rings. The Balaban J connectivity index is 1.72. The van der Waals surface area contributed by atoms with E-state index in [2.05, 4.69) is 20.2 Å². The number of aromatic nitrogens is 2. The Morgan fingerprint density at radius 1 is 1.23 bits per heavy atom. The third kappa shape index (κ3) is 3.17. The number of amides is 1. The fraction of sp³-hybridized carbons (Fsp3) is 0.267. The molecule has 1 aliphatic rings. The molecule has 3 rings (SSSR count). The van der Waals surface area contributed by atoms with Crippen LogP contribution in [-0.2, 0) is 0 Å². The van der Waals surface area contributed by atoms with E-state index < -0.39 is 11.7 Å². The molecule has 1 N–H and O–H groups in total. The Hall–Kier alpha value is -2.21. The van der Waals surface area contributed by atoms with Crippen LogP contribution in [0.5, 0.6) is 0 Å². The number of halogens is 2. The fourth-order valence-electron chi connectivity index (χ4n) is 2.34. The lowest BCUT2D eigenvalue weighted by atomic mass is 10.2. The molecule has 1 fully saturated rings. The first-order chi connectivity index (χ1) is 10.6. The van der Waals surface area contributed by atoms with Crippen molar-refractivity contribution in [2.45, 2.75) is 12.8 Å². The normalized spacial score (nSPS) is 14.2. The summed E-state index contributed by atoms with van der Waals surface area (Å²) in [6.07, 6.45) is 5.34. The molecule has 1 amide bonds. The lowest BCUT2D eigenvalue weighted by molar-refractivity contribution is 0.102. The van der Waals surface area contributed by atoms with Crippen molar-refractivity contribution in [2.24, 2.45) is 0 Å². The largest absolute Gasteiger partial charge is 0.341 e. The van der Waals surface area contributed by atoms with Crippen LogP contribution in [0, 0.1) is 5.82 Å². The summed E-state index contributed by atoms with van der Waals surface area (Å²) in [5.74, 6) is -0.364. The molecule has 0 radical (unpaired) electrons. The van der Waals surface area contributed by atoms with E-state index in [4.69, 9.17) is 11.6 Å². The molecule has 5 nitrogen and oxygen atoms in total. The average Bonchev–Trinajstić information content (AvgIpc) is 3.05. The highest BCUT2D eigenvalue weighted by Gasteiger charge is 2.15. The first-order valence-corrected chi connectivity index (χ1v) is 7.35. The molecular formula is C15H14ClFN4O. The topological polar surface area (TPSA) is 58.1 Å². The van der Waals surface area contributed by atoms with Crippen LogP contribution in [0.3, 0.4) is 0 Å². The first-order valence-electron chi connectivity index (χ1n) is 6.97. The zero-order chi connectivity index (χ0) is 15.5. The maximum atomic E-state index is 13.2. The SMILES string of the molecule is O=C(Nc1cnc(N2CCCC2)nc1)c1cc(F)ccc1Cl. The molecule has 1 aromatic carbocycles. The van der Waals surface area contributed by atoms with Crippen LogP contribution in [0.25, 0.3) is 0 Å². The number of nitrogens with one attached hydrogen (secondary N) is 1. The lowest BCUT2D eigenvalue weighted by Crippen LogP contribution is -2.20. The van der Waals surface area contributed by atoms with Gasteiger partial charge in [0.05, 0.1) is 28.7 Å². The highest BCUT2D eigenvalue weighted by Crippen LogP contribution is 2.20. The van der Waals surface area contributed by atoms with Crippen molar-refractivity contribution in [3.05, 3.63) is 47.0 Å². The van der Waals surface area contributed by atoms with Crippen LogP contribution in [0.1, 0.15) is 23.2 Å². The zero-order valence-electron chi connectivity index (χ0n) is 11.7. The smallest absolute Gasteiger partial charge is 0.257 e. The van der Waals surface area contributed by atoms with Gasteiger partial charge in [-0.25, -0.2) is 14.4 Å². The number of benzene rings is 1. The van der Waals surface area contributed by atoms with Gasteiger partial charge in [0.25, 0.3) is 5.91 Å². The second kappa shape index (κ2) is 6.27. The summed E-state index contributed by atoms with van der Waals surface area (Å²) in [5, 5.41) is 2.80. The summed E-state index contributed by atoms with van der Waals surface area (Å²) in [7, 11) is 0. The van der Waals surface area contributed by atoms with E-state index in [0.717, 1.165) is 32.0 Å². The van der Waals surface area contributed by atoms with E-state index >= 15 is 0 Å². The van der Waals surface area contributed by atoms with Crippen molar-refractivity contribution in [1.82, 2.24) is 9.97 Å². The van der Waals surface area contributed by atoms with Crippen molar-refractivity contribution in [2.75, 3.05) is 23.3 Å². The number of nitrogens with zero attached hydrogens (tertiary/aromatic N) is 3. The second-order valence-electron chi connectivity index (χ2n) is 5.04. The van der Waals surface area contributed by atoms with E-state index in [1.54, 1.807) is 0 Å². The van der Waals surface area contributed by atoms with E-state index in [1.807, 2.05) is 0 Å². The van der Waals surface area contributed by atoms with Crippen LogP contribution >= 0.6 is 11.6 Å². The maximum absolute atomic E-state index is 13.2. The van der Waals surface area contributed by atoms with Gasteiger partial charge in [-0.05, 0) is 31.0 Å². The Morgan fingerprint density at radius 3 is 2.59 bits per heavy atom. The molecule has 7 heteroatoms. The first kappa shape index (κ1) is 14.7. The zero-order valence-corrected chi connectivity index (χ0v) is 12.5. The Kier molecular flexibility index (Phi) is 4.20. The lowest BCUT2D eigenvalue weighted by Gasteiger charge is -2.14. The van der Waals surface area contributed by atoms with Crippen LogP contribution < -0.4 is 10.2 Å². The molecule has 0 aliphatic carbocycles. The number of hydrogen-bond donors (Lipinski definition) is 1. The van der Waals surface area contributed by atoms with E-state index in [-0.39, 0.29) is 10.6 Å². The van der Waals surface area contributed by atoms with Gasteiger partial charge in [0.2, 0.25) is 5.95 Å². The van der Waals surface area contributed by atoms with Crippen molar-refractivity contribution in [1.29, 1.82) is 0 Å². The van der Waals surface area contributed by atoms with Gasteiger partial charge in [0.1, 0.15) is 5.82 Å². The van der Waals surface area contributed by atoms with Gasteiger partial charge in [-0.1, -0.05) is 11.6 Å². The number of anilines is 2. The van der Waals surface area contributed by atoms with Gasteiger partial charge < -0.3 is 10.2 Å². The van der Waals surface area contributed by atoms with E-state index in [0.29, 0.717) is 11.6 Å². The predicted octanol–water partition coefficient (Wildman–Crippen LogP) is 3.12. The molecule has 0 unspecified atom stereocenters. The van der Waals surface area contributed by atoms with E-state index in [9.17, 15) is 9.18 Å². The van der Waals surface area contributed by atoms with Crippen LogP contribution in [-0.4, -0.2) is 29.0 Å². The number of hydrogen-bond acceptors (Lipinski definition) is 4. The van der Waals surface area contributed by atoms with Gasteiger partial charge in [-0.2, -0.15) is 0 Å². The summed E-state index contributed by atoms with van der Waals surface area (Å²) in [6, 6.07) is 3.64.